The fraction of sp³-hybridized carbons (Fsp3) is 0.0526. The highest BCUT2D eigenvalue weighted by Crippen LogP contribution is 2.31. The normalized spacial score (nSPS) is 10.9. The van der Waals surface area contributed by atoms with Gasteiger partial charge in [-0.05, 0) is 53.8 Å². The number of benzene rings is 1. The second-order valence-corrected chi connectivity index (χ2v) is 5.53. The fourth-order valence-corrected chi connectivity index (χ4v) is 2.57. The van der Waals surface area contributed by atoms with Crippen LogP contribution in [0.25, 0.3) is 21.9 Å². The number of aryl methyl sites for hydroxylation is 1. The minimum absolute atomic E-state index is 0.382. The Labute approximate surface area is 144 Å². The van der Waals surface area contributed by atoms with Crippen molar-refractivity contribution < 1.29 is 9.59 Å². The lowest BCUT2D eigenvalue weighted by atomic mass is 9.99. The monoisotopic (exact) mass is 332 g/mol. The zero-order chi connectivity index (χ0) is 17.8. The molecule has 2 heterocycles. The SMILES string of the molecule is Cc1ccncc1-c1cc(N)c2cnc(NC(=O)/C=C/C=O)cc2c1. The van der Waals surface area contributed by atoms with Crippen LogP contribution in [-0.2, 0) is 9.59 Å². The number of amides is 1. The topological polar surface area (TPSA) is 98.0 Å². The molecular formula is C19H16N4O2. The van der Waals surface area contributed by atoms with Gasteiger partial charge >= 0.3 is 0 Å². The van der Waals surface area contributed by atoms with Gasteiger partial charge in [0.25, 0.3) is 0 Å². The Hall–Kier alpha value is -3.54. The average Bonchev–Trinajstić information content (AvgIpc) is 2.60. The number of allylic oxidation sites excluding steroid dienone is 1. The van der Waals surface area contributed by atoms with Crippen molar-refractivity contribution in [2.24, 2.45) is 0 Å². The Balaban J connectivity index is 2.03. The molecule has 0 aliphatic carbocycles. The molecule has 0 saturated heterocycles. The lowest BCUT2D eigenvalue weighted by Gasteiger charge is -2.10. The number of hydrogen-bond acceptors (Lipinski definition) is 5. The van der Waals surface area contributed by atoms with E-state index in [-0.39, 0.29) is 0 Å². The third-order valence-corrected chi connectivity index (χ3v) is 3.80. The molecule has 3 rings (SSSR count). The Morgan fingerprint density at radius 3 is 2.84 bits per heavy atom. The van der Waals surface area contributed by atoms with E-state index in [1.165, 1.54) is 0 Å². The first-order chi connectivity index (χ1) is 12.1. The van der Waals surface area contributed by atoms with E-state index in [4.69, 9.17) is 5.73 Å². The molecule has 0 saturated carbocycles. The van der Waals surface area contributed by atoms with Crippen LogP contribution >= 0.6 is 0 Å². The van der Waals surface area contributed by atoms with E-state index in [9.17, 15) is 9.59 Å². The van der Waals surface area contributed by atoms with E-state index in [0.29, 0.717) is 17.8 Å². The van der Waals surface area contributed by atoms with Gasteiger partial charge < -0.3 is 11.1 Å². The Kier molecular flexibility index (Phi) is 4.52. The van der Waals surface area contributed by atoms with Gasteiger partial charge in [-0.1, -0.05) is 0 Å². The van der Waals surface area contributed by atoms with Gasteiger partial charge in [-0.15, -0.1) is 0 Å². The number of nitrogen functional groups attached to an aromatic ring is 1. The van der Waals surface area contributed by atoms with Crippen molar-refractivity contribution >= 4 is 34.5 Å². The Bertz CT molecular complexity index is 996. The maximum absolute atomic E-state index is 11.7. The van der Waals surface area contributed by atoms with E-state index in [0.717, 1.165) is 39.6 Å². The number of hydrogen-bond donors (Lipinski definition) is 2. The standard InChI is InChI=1S/C19H16N4O2/c1-12-4-5-21-10-15(12)13-7-14-9-18(23-19(25)3-2-6-24)22-11-16(14)17(20)8-13/h2-11H,20H2,1H3,(H,22,23,25)/b3-2+. The highest BCUT2D eigenvalue weighted by atomic mass is 16.1. The van der Waals surface area contributed by atoms with Crippen molar-refractivity contribution in [2.75, 3.05) is 11.1 Å². The number of carbonyl (C=O) groups excluding carboxylic acids is 2. The van der Waals surface area contributed by atoms with Crippen LogP contribution in [0.3, 0.4) is 0 Å². The van der Waals surface area contributed by atoms with Crippen molar-refractivity contribution in [3.8, 4) is 11.1 Å². The summed E-state index contributed by atoms with van der Waals surface area (Å²) in [6.07, 6.45) is 7.96. The lowest BCUT2D eigenvalue weighted by Crippen LogP contribution is -2.09. The Morgan fingerprint density at radius 2 is 2.08 bits per heavy atom. The van der Waals surface area contributed by atoms with Crippen molar-refractivity contribution in [1.82, 2.24) is 9.97 Å². The van der Waals surface area contributed by atoms with Gasteiger partial charge in [0, 0.05) is 41.3 Å². The second-order valence-electron chi connectivity index (χ2n) is 5.53. The number of nitrogens with one attached hydrogen (secondary N) is 1. The molecule has 124 valence electrons. The molecule has 3 N–H and O–H groups in total. The number of anilines is 2. The molecule has 2 aromatic heterocycles. The van der Waals surface area contributed by atoms with Crippen LogP contribution in [0.4, 0.5) is 11.5 Å². The maximum atomic E-state index is 11.7. The van der Waals surface area contributed by atoms with Crippen molar-refractivity contribution in [3.63, 3.8) is 0 Å². The first-order valence-electron chi connectivity index (χ1n) is 7.61. The van der Waals surface area contributed by atoms with Crippen LogP contribution in [0, 0.1) is 6.92 Å². The highest BCUT2D eigenvalue weighted by Gasteiger charge is 2.08. The van der Waals surface area contributed by atoms with E-state index in [1.807, 2.05) is 25.1 Å². The smallest absolute Gasteiger partial charge is 0.249 e. The van der Waals surface area contributed by atoms with Crippen LogP contribution in [0.5, 0.6) is 0 Å². The van der Waals surface area contributed by atoms with Gasteiger partial charge in [0.2, 0.25) is 5.91 Å². The van der Waals surface area contributed by atoms with E-state index in [2.05, 4.69) is 15.3 Å². The third-order valence-electron chi connectivity index (χ3n) is 3.80. The molecule has 0 unspecified atom stereocenters. The molecule has 0 radical (unpaired) electrons. The molecule has 1 aromatic carbocycles. The van der Waals surface area contributed by atoms with Crippen molar-refractivity contribution in [1.29, 1.82) is 0 Å². The molecule has 0 bridgehead atoms. The summed E-state index contributed by atoms with van der Waals surface area (Å²) in [6, 6.07) is 7.55. The van der Waals surface area contributed by atoms with Gasteiger partial charge in [0.05, 0.1) is 0 Å². The number of rotatable bonds is 4. The number of carbonyl (C=O) groups is 2. The molecular weight excluding hydrogens is 316 g/mol. The number of aromatic nitrogens is 2. The van der Waals surface area contributed by atoms with E-state index in [1.54, 1.807) is 24.7 Å². The zero-order valence-corrected chi connectivity index (χ0v) is 13.6. The molecule has 0 spiro atoms. The molecule has 0 atom stereocenters. The molecule has 25 heavy (non-hydrogen) atoms. The van der Waals surface area contributed by atoms with Crippen molar-refractivity contribution in [3.05, 3.63) is 60.6 Å². The summed E-state index contributed by atoms with van der Waals surface area (Å²) >= 11 is 0. The van der Waals surface area contributed by atoms with Crippen LogP contribution in [0.15, 0.2) is 55.0 Å². The predicted octanol–water partition coefficient (Wildman–Crippen LogP) is 2.88. The van der Waals surface area contributed by atoms with Crippen LogP contribution in [0.2, 0.25) is 0 Å². The average molecular weight is 332 g/mol. The highest BCUT2D eigenvalue weighted by molar-refractivity contribution is 6.03. The minimum Gasteiger partial charge on any atom is -0.398 e. The largest absolute Gasteiger partial charge is 0.398 e. The van der Waals surface area contributed by atoms with Gasteiger partial charge in [-0.25, -0.2) is 4.98 Å². The number of fused-ring (bicyclic) bond motifs is 1. The third kappa shape index (κ3) is 3.53. The molecule has 3 aromatic rings. The van der Waals surface area contributed by atoms with E-state index < -0.39 is 5.91 Å². The number of pyridine rings is 2. The molecule has 0 aliphatic rings. The molecule has 1 amide bonds. The lowest BCUT2D eigenvalue weighted by molar-refractivity contribution is -0.112. The summed E-state index contributed by atoms with van der Waals surface area (Å²) in [5.41, 5.74) is 9.79. The van der Waals surface area contributed by atoms with Crippen molar-refractivity contribution in [2.45, 2.75) is 6.92 Å². The molecule has 0 fully saturated rings. The quantitative estimate of drug-likeness (QED) is 0.435. The number of aldehydes is 1. The molecule has 6 heteroatoms. The zero-order valence-electron chi connectivity index (χ0n) is 13.6. The van der Waals surface area contributed by atoms with Gasteiger partial charge in [-0.3, -0.25) is 14.6 Å². The maximum Gasteiger partial charge on any atom is 0.249 e. The molecule has 6 nitrogen and oxygen atoms in total. The van der Waals surface area contributed by atoms with Crippen LogP contribution < -0.4 is 11.1 Å². The van der Waals surface area contributed by atoms with Gasteiger partial charge in [0.15, 0.2) is 0 Å². The second kappa shape index (κ2) is 6.92. The summed E-state index contributed by atoms with van der Waals surface area (Å²) in [7, 11) is 0. The minimum atomic E-state index is -0.425. The van der Waals surface area contributed by atoms with Crippen LogP contribution in [0.1, 0.15) is 5.56 Å². The Morgan fingerprint density at radius 1 is 1.24 bits per heavy atom. The van der Waals surface area contributed by atoms with E-state index >= 15 is 0 Å². The summed E-state index contributed by atoms with van der Waals surface area (Å²) in [5, 5.41) is 4.26. The predicted molar refractivity (Wildman–Crippen MR) is 98.0 cm³/mol. The number of nitrogens with two attached hydrogens (primary N) is 1. The fourth-order valence-electron chi connectivity index (χ4n) is 2.57. The first-order valence-corrected chi connectivity index (χ1v) is 7.61. The first kappa shape index (κ1) is 16.3. The number of nitrogens with zero attached hydrogens (tertiary/aromatic N) is 2. The summed E-state index contributed by atoms with van der Waals surface area (Å²) in [6.45, 7) is 2.01. The van der Waals surface area contributed by atoms with Gasteiger partial charge in [-0.2, -0.15) is 0 Å². The molecule has 0 aliphatic heterocycles. The van der Waals surface area contributed by atoms with Crippen LogP contribution in [-0.4, -0.2) is 22.2 Å². The summed E-state index contributed by atoms with van der Waals surface area (Å²) < 4.78 is 0. The summed E-state index contributed by atoms with van der Waals surface area (Å²) in [5.74, 6) is -0.0429. The summed E-state index contributed by atoms with van der Waals surface area (Å²) in [4.78, 5) is 30.3. The van der Waals surface area contributed by atoms with Gasteiger partial charge in [0.1, 0.15) is 12.1 Å².